The highest BCUT2D eigenvalue weighted by atomic mass is 16.5. The number of ether oxygens (including phenoxy) is 2. The Labute approximate surface area is 143 Å². The number of nitrogens with one attached hydrogen (secondary N) is 1. The lowest BCUT2D eigenvalue weighted by molar-refractivity contribution is 0.0954. The van der Waals surface area contributed by atoms with Crippen molar-refractivity contribution in [3.8, 4) is 11.5 Å². The Bertz CT molecular complexity index is 682. The van der Waals surface area contributed by atoms with Crippen molar-refractivity contribution in [1.29, 1.82) is 0 Å². The molecule has 2 rings (SSSR count). The summed E-state index contributed by atoms with van der Waals surface area (Å²) in [6.45, 7) is 0.526. The van der Waals surface area contributed by atoms with Crippen molar-refractivity contribution in [3.63, 3.8) is 0 Å². The summed E-state index contributed by atoms with van der Waals surface area (Å²) in [5.74, 6) is 1.49. The number of amides is 1. The molecular weight excluding hydrogens is 304 g/mol. The third-order valence-corrected chi connectivity index (χ3v) is 3.81. The Morgan fingerprint density at radius 3 is 2.33 bits per heavy atom. The van der Waals surface area contributed by atoms with Crippen molar-refractivity contribution in [2.45, 2.75) is 6.42 Å². The molecule has 1 N–H and O–H groups in total. The molecule has 0 atom stereocenters. The molecule has 128 valence electrons. The summed E-state index contributed by atoms with van der Waals surface area (Å²) in [6.07, 6.45) is 0.669. The molecule has 0 bridgehead atoms. The van der Waals surface area contributed by atoms with Crippen LogP contribution in [0.5, 0.6) is 11.5 Å². The Hall–Kier alpha value is -2.69. The predicted octanol–water partition coefficient (Wildman–Crippen LogP) is 2.74. The van der Waals surface area contributed by atoms with Crippen LogP contribution in [0.3, 0.4) is 0 Å². The zero-order valence-corrected chi connectivity index (χ0v) is 14.6. The fraction of sp³-hybridized carbons (Fsp3) is 0.316. The van der Waals surface area contributed by atoms with Crippen LogP contribution in [-0.4, -0.2) is 40.8 Å². The quantitative estimate of drug-likeness (QED) is 0.849. The molecule has 24 heavy (non-hydrogen) atoms. The molecule has 0 fully saturated rings. The van der Waals surface area contributed by atoms with Crippen LogP contribution in [0.4, 0.5) is 5.69 Å². The van der Waals surface area contributed by atoms with Gasteiger partial charge in [0.25, 0.3) is 5.91 Å². The maximum Gasteiger partial charge on any atom is 0.251 e. The molecular formula is C19H24N2O3. The van der Waals surface area contributed by atoms with Gasteiger partial charge in [0.15, 0.2) is 0 Å². The van der Waals surface area contributed by atoms with Crippen molar-refractivity contribution in [3.05, 3.63) is 53.6 Å². The van der Waals surface area contributed by atoms with Crippen LogP contribution in [0.15, 0.2) is 42.5 Å². The molecule has 0 spiro atoms. The van der Waals surface area contributed by atoms with E-state index in [1.807, 2.05) is 61.5 Å². The van der Waals surface area contributed by atoms with Gasteiger partial charge in [-0.1, -0.05) is 0 Å². The smallest absolute Gasteiger partial charge is 0.251 e. The van der Waals surface area contributed by atoms with Gasteiger partial charge in [0.2, 0.25) is 0 Å². The SMILES string of the molecule is COc1ccc(OC)c(CCNC(=O)c2ccc(N(C)C)cc2)c1. The lowest BCUT2D eigenvalue weighted by atomic mass is 10.1. The first-order valence-electron chi connectivity index (χ1n) is 7.81. The molecule has 5 nitrogen and oxygen atoms in total. The Balaban J connectivity index is 1.95. The topological polar surface area (TPSA) is 50.8 Å². The second-order valence-electron chi connectivity index (χ2n) is 5.62. The molecule has 0 saturated heterocycles. The molecule has 0 aliphatic heterocycles. The van der Waals surface area contributed by atoms with Crippen LogP contribution >= 0.6 is 0 Å². The molecule has 1 amide bonds. The van der Waals surface area contributed by atoms with Crippen LogP contribution in [0.25, 0.3) is 0 Å². The highest BCUT2D eigenvalue weighted by Crippen LogP contribution is 2.24. The maximum atomic E-state index is 12.2. The summed E-state index contributed by atoms with van der Waals surface area (Å²) in [7, 11) is 7.20. The summed E-state index contributed by atoms with van der Waals surface area (Å²) in [4.78, 5) is 14.2. The number of hydrogen-bond acceptors (Lipinski definition) is 4. The highest BCUT2D eigenvalue weighted by Gasteiger charge is 2.08. The fourth-order valence-corrected chi connectivity index (χ4v) is 2.40. The van der Waals surface area contributed by atoms with Gasteiger partial charge in [-0.3, -0.25) is 4.79 Å². The fourth-order valence-electron chi connectivity index (χ4n) is 2.40. The first-order chi connectivity index (χ1) is 11.5. The Morgan fingerprint density at radius 1 is 1.04 bits per heavy atom. The number of rotatable bonds is 7. The lowest BCUT2D eigenvalue weighted by Crippen LogP contribution is -2.25. The maximum absolute atomic E-state index is 12.2. The van der Waals surface area contributed by atoms with Gasteiger partial charge in [-0.15, -0.1) is 0 Å². The summed E-state index contributed by atoms with van der Waals surface area (Å²) in [6, 6.07) is 13.2. The third-order valence-electron chi connectivity index (χ3n) is 3.81. The molecule has 0 saturated carbocycles. The highest BCUT2D eigenvalue weighted by molar-refractivity contribution is 5.94. The van der Waals surface area contributed by atoms with Crippen molar-refractivity contribution in [2.24, 2.45) is 0 Å². The molecule has 0 unspecified atom stereocenters. The molecule has 5 heteroatoms. The molecule has 2 aromatic rings. The van der Waals surface area contributed by atoms with Gasteiger partial charge in [-0.25, -0.2) is 0 Å². The summed E-state index contributed by atoms with van der Waals surface area (Å²) in [5, 5.41) is 2.94. The van der Waals surface area contributed by atoms with E-state index < -0.39 is 0 Å². The van der Waals surface area contributed by atoms with Crippen molar-refractivity contribution in [2.75, 3.05) is 39.8 Å². The van der Waals surface area contributed by atoms with E-state index in [9.17, 15) is 4.79 Å². The minimum atomic E-state index is -0.0813. The average molecular weight is 328 g/mol. The standard InChI is InChI=1S/C19H24N2O3/c1-21(2)16-7-5-14(6-8-16)19(22)20-12-11-15-13-17(23-3)9-10-18(15)24-4/h5-10,13H,11-12H2,1-4H3,(H,20,22). The van der Waals surface area contributed by atoms with Crippen molar-refractivity contribution < 1.29 is 14.3 Å². The molecule has 0 aliphatic rings. The summed E-state index contributed by atoms with van der Waals surface area (Å²) in [5.41, 5.74) is 2.71. The van der Waals surface area contributed by atoms with Crippen molar-refractivity contribution in [1.82, 2.24) is 5.32 Å². The van der Waals surface area contributed by atoms with Crippen molar-refractivity contribution >= 4 is 11.6 Å². The number of hydrogen-bond donors (Lipinski definition) is 1. The van der Waals surface area contributed by atoms with Crippen LogP contribution in [0.2, 0.25) is 0 Å². The molecule has 0 aliphatic carbocycles. The molecule has 0 radical (unpaired) electrons. The van der Waals surface area contributed by atoms with Crippen LogP contribution in [0.1, 0.15) is 15.9 Å². The number of methoxy groups -OCH3 is 2. The zero-order valence-electron chi connectivity index (χ0n) is 14.6. The Kier molecular flexibility index (Phi) is 6.07. The van der Waals surface area contributed by atoms with E-state index in [1.54, 1.807) is 14.2 Å². The minimum Gasteiger partial charge on any atom is -0.497 e. The lowest BCUT2D eigenvalue weighted by Gasteiger charge is -2.13. The molecule has 0 heterocycles. The van der Waals surface area contributed by atoms with E-state index in [4.69, 9.17) is 9.47 Å². The summed E-state index contributed by atoms with van der Waals surface area (Å²) < 4.78 is 10.6. The predicted molar refractivity (Wildman–Crippen MR) is 96.4 cm³/mol. The normalized spacial score (nSPS) is 10.2. The van der Waals surface area contributed by atoms with Gasteiger partial charge >= 0.3 is 0 Å². The number of anilines is 1. The van der Waals surface area contributed by atoms with Gasteiger partial charge in [0.05, 0.1) is 14.2 Å². The van der Waals surface area contributed by atoms with E-state index in [1.165, 1.54) is 0 Å². The monoisotopic (exact) mass is 328 g/mol. The molecule has 0 aromatic heterocycles. The van der Waals surface area contributed by atoms with Gasteiger partial charge in [0.1, 0.15) is 11.5 Å². The second-order valence-corrected chi connectivity index (χ2v) is 5.62. The van der Waals surface area contributed by atoms with Crippen LogP contribution in [-0.2, 0) is 6.42 Å². The number of carbonyl (C=O) groups is 1. The number of benzene rings is 2. The first kappa shape index (κ1) is 17.7. The van der Waals surface area contributed by atoms with E-state index in [2.05, 4.69) is 5.32 Å². The van der Waals surface area contributed by atoms with E-state index in [0.717, 1.165) is 22.7 Å². The largest absolute Gasteiger partial charge is 0.497 e. The Morgan fingerprint density at radius 2 is 1.75 bits per heavy atom. The van der Waals surface area contributed by atoms with Crippen LogP contribution < -0.4 is 19.7 Å². The average Bonchev–Trinajstić information content (AvgIpc) is 2.61. The third kappa shape index (κ3) is 4.41. The number of carbonyl (C=O) groups excluding carboxylic acids is 1. The second kappa shape index (κ2) is 8.24. The molecule has 2 aromatic carbocycles. The van der Waals surface area contributed by atoms with E-state index in [0.29, 0.717) is 18.5 Å². The van der Waals surface area contributed by atoms with Gasteiger partial charge in [0, 0.05) is 31.9 Å². The first-order valence-corrected chi connectivity index (χ1v) is 7.81. The van der Waals surface area contributed by atoms with E-state index in [-0.39, 0.29) is 5.91 Å². The van der Waals surface area contributed by atoms with Gasteiger partial charge in [-0.2, -0.15) is 0 Å². The van der Waals surface area contributed by atoms with Gasteiger partial charge < -0.3 is 19.7 Å². The minimum absolute atomic E-state index is 0.0813. The zero-order chi connectivity index (χ0) is 17.5. The van der Waals surface area contributed by atoms with E-state index >= 15 is 0 Å². The van der Waals surface area contributed by atoms with Gasteiger partial charge in [-0.05, 0) is 54.4 Å². The number of nitrogens with zero attached hydrogens (tertiary/aromatic N) is 1. The summed E-state index contributed by atoms with van der Waals surface area (Å²) >= 11 is 0. The van der Waals surface area contributed by atoms with Crippen LogP contribution in [0, 0.1) is 0 Å².